The second-order valence-electron chi connectivity index (χ2n) is 4.50. The average molecular weight is 306 g/mol. The van der Waals surface area contributed by atoms with Crippen molar-refractivity contribution in [1.82, 2.24) is 4.57 Å². The Morgan fingerprint density at radius 1 is 1.29 bits per heavy atom. The van der Waals surface area contributed by atoms with E-state index in [1.54, 1.807) is 24.3 Å². The van der Waals surface area contributed by atoms with Crippen LogP contribution in [0.3, 0.4) is 0 Å². The number of hydrogen-bond donors (Lipinski definition) is 0. The van der Waals surface area contributed by atoms with Crippen LogP contribution in [-0.2, 0) is 17.3 Å². The maximum Gasteiger partial charge on any atom is 0.286 e. The first-order valence-electron chi connectivity index (χ1n) is 6.28. The third-order valence-electron chi connectivity index (χ3n) is 2.99. The number of nitrogens with zero attached hydrogens (tertiary/aromatic N) is 2. The molecule has 0 radical (unpaired) electrons. The summed E-state index contributed by atoms with van der Waals surface area (Å²) < 4.78 is 13.3. The van der Waals surface area contributed by atoms with Crippen molar-refractivity contribution in [1.29, 1.82) is 0 Å². The van der Waals surface area contributed by atoms with Crippen LogP contribution >= 0.6 is 0 Å². The predicted molar refractivity (Wildman–Crippen MR) is 79.8 cm³/mol. The number of benzene rings is 1. The Labute approximate surface area is 123 Å². The standard InChI is InChI=1S/C14H14N2O4S/c1-11-9-12(16(18)19)10-15(14(11)17)7-8-21(20)13-5-3-2-4-6-13/h2-6,9-10H,7-8H2,1H3. The molecule has 0 saturated carbocycles. The lowest BCUT2D eigenvalue weighted by molar-refractivity contribution is -0.385. The molecule has 6 nitrogen and oxygen atoms in total. The van der Waals surface area contributed by atoms with E-state index in [4.69, 9.17) is 0 Å². The molecule has 1 unspecified atom stereocenters. The molecule has 0 fully saturated rings. The Balaban J connectivity index is 2.19. The van der Waals surface area contributed by atoms with Crippen molar-refractivity contribution >= 4 is 16.5 Å². The van der Waals surface area contributed by atoms with Crippen molar-refractivity contribution in [3.63, 3.8) is 0 Å². The van der Waals surface area contributed by atoms with E-state index in [2.05, 4.69) is 0 Å². The highest BCUT2D eigenvalue weighted by Gasteiger charge is 2.12. The minimum atomic E-state index is -1.25. The van der Waals surface area contributed by atoms with Gasteiger partial charge in [-0.1, -0.05) is 18.2 Å². The van der Waals surface area contributed by atoms with Gasteiger partial charge in [-0.15, -0.1) is 0 Å². The van der Waals surface area contributed by atoms with Crippen LogP contribution in [0.25, 0.3) is 0 Å². The molecule has 0 amide bonds. The molecule has 0 aliphatic carbocycles. The topological polar surface area (TPSA) is 82.2 Å². The number of aromatic nitrogens is 1. The molecule has 0 saturated heterocycles. The average Bonchev–Trinajstić information content (AvgIpc) is 2.49. The molecule has 1 atom stereocenters. The molecule has 21 heavy (non-hydrogen) atoms. The maximum atomic E-state index is 12.1. The number of hydrogen-bond acceptors (Lipinski definition) is 4. The molecule has 1 heterocycles. The van der Waals surface area contributed by atoms with E-state index in [0.717, 1.165) is 0 Å². The fourth-order valence-electron chi connectivity index (χ4n) is 1.90. The van der Waals surface area contributed by atoms with Crippen LogP contribution in [0.1, 0.15) is 5.56 Å². The molecular formula is C14H14N2O4S. The van der Waals surface area contributed by atoms with Crippen LogP contribution in [0.2, 0.25) is 0 Å². The number of pyridine rings is 1. The van der Waals surface area contributed by atoms with Gasteiger partial charge >= 0.3 is 0 Å². The molecule has 7 heteroatoms. The van der Waals surface area contributed by atoms with Crippen LogP contribution in [0, 0.1) is 17.0 Å². The van der Waals surface area contributed by atoms with E-state index in [1.165, 1.54) is 23.8 Å². The molecular weight excluding hydrogens is 292 g/mol. The van der Waals surface area contributed by atoms with Gasteiger partial charge in [0.15, 0.2) is 0 Å². The smallest absolute Gasteiger partial charge is 0.286 e. The SMILES string of the molecule is Cc1cc([N+](=O)[O-])cn(CCS(=O)c2ccccc2)c1=O. The third kappa shape index (κ3) is 3.63. The highest BCUT2D eigenvalue weighted by atomic mass is 32.2. The van der Waals surface area contributed by atoms with Crippen LogP contribution in [0.15, 0.2) is 52.3 Å². The highest BCUT2D eigenvalue weighted by molar-refractivity contribution is 7.85. The van der Waals surface area contributed by atoms with E-state index in [1.807, 2.05) is 6.07 Å². The predicted octanol–water partition coefficient (Wildman–Crippen LogP) is 1.87. The lowest BCUT2D eigenvalue weighted by atomic mass is 10.3. The van der Waals surface area contributed by atoms with Crippen LogP contribution in [-0.4, -0.2) is 19.5 Å². The third-order valence-corrected chi connectivity index (χ3v) is 4.34. The van der Waals surface area contributed by atoms with Gasteiger partial charge in [-0.25, -0.2) is 0 Å². The number of aryl methyl sites for hydroxylation is 2. The molecule has 0 bridgehead atoms. The summed E-state index contributed by atoms with van der Waals surface area (Å²) in [6, 6.07) is 10.1. The van der Waals surface area contributed by atoms with Crippen LogP contribution in [0.4, 0.5) is 5.69 Å². The molecule has 0 N–H and O–H groups in total. The van der Waals surface area contributed by atoms with Crippen molar-refractivity contribution in [2.45, 2.75) is 18.4 Å². The summed E-state index contributed by atoms with van der Waals surface area (Å²) in [5.74, 6) is 0.227. The normalized spacial score (nSPS) is 12.0. The Morgan fingerprint density at radius 2 is 1.95 bits per heavy atom. The van der Waals surface area contributed by atoms with E-state index >= 15 is 0 Å². The number of rotatable bonds is 5. The van der Waals surface area contributed by atoms with E-state index in [-0.39, 0.29) is 23.5 Å². The van der Waals surface area contributed by atoms with Gasteiger partial charge in [0.2, 0.25) is 0 Å². The van der Waals surface area contributed by atoms with Crippen molar-refractivity contribution in [2.75, 3.05) is 5.75 Å². The van der Waals surface area contributed by atoms with Gasteiger partial charge in [-0.05, 0) is 19.1 Å². The lowest BCUT2D eigenvalue weighted by Crippen LogP contribution is -2.24. The van der Waals surface area contributed by atoms with Gasteiger partial charge < -0.3 is 4.57 Å². The van der Waals surface area contributed by atoms with E-state index < -0.39 is 15.7 Å². The summed E-state index contributed by atoms with van der Waals surface area (Å²) in [5.41, 5.74) is -0.141. The molecule has 0 spiro atoms. The monoisotopic (exact) mass is 306 g/mol. The zero-order valence-electron chi connectivity index (χ0n) is 11.4. The summed E-state index contributed by atoms with van der Waals surface area (Å²) in [7, 11) is -1.25. The Morgan fingerprint density at radius 3 is 2.57 bits per heavy atom. The summed E-state index contributed by atoms with van der Waals surface area (Å²) >= 11 is 0. The summed E-state index contributed by atoms with van der Waals surface area (Å²) in [6.07, 6.45) is 1.19. The van der Waals surface area contributed by atoms with Crippen LogP contribution in [0.5, 0.6) is 0 Å². The Kier molecular flexibility index (Phi) is 4.64. The first-order chi connectivity index (χ1) is 9.99. The summed E-state index contributed by atoms with van der Waals surface area (Å²) in [6.45, 7) is 1.70. The molecule has 0 aliphatic rings. The fourth-order valence-corrected chi connectivity index (χ4v) is 2.96. The van der Waals surface area contributed by atoms with Crippen LogP contribution < -0.4 is 5.56 Å². The first kappa shape index (κ1) is 15.1. The maximum absolute atomic E-state index is 12.1. The zero-order valence-corrected chi connectivity index (χ0v) is 12.2. The second-order valence-corrected chi connectivity index (χ2v) is 6.07. The number of nitro groups is 1. The van der Waals surface area contributed by atoms with Gasteiger partial charge in [0.05, 0.1) is 21.9 Å². The minimum absolute atomic E-state index is 0.141. The summed E-state index contributed by atoms with van der Waals surface area (Å²) in [5, 5.41) is 10.8. The Hall–Kier alpha value is -2.28. The Bertz CT molecular complexity index is 740. The van der Waals surface area contributed by atoms with Gasteiger partial charge in [-0.2, -0.15) is 0 Å². The van der Waals surface area contributed by atoms with Gasteiger partial charge in [0.1, 0.15) is 0 Å². The minimum Gasteiger partial charge on any atom is -0.308 e. The van der Waals surface area contributed by atoms with Crippen molar-refractivity contribution in [2.24, 2.45) is 0 Å². The van der Waals surface area contributed by atoms with Crippen molar-refractivity contribution < 1.29 is 9.13 Å². The molecule has 1 aromatic carbocycles. The molecule has 2 rings (SSSR count). The lowest BCUT2D eigenvalue weighted by Gasteiger charge is -2.07. The molecule has 1 aromatic heterocycles. The van der Waals surface area contributed by atoms with Gasteiger partial charge in [-0.3, -0.25) is 19.1 Å². The van der Waals surface area contributed by atoms with Crippen molar-refractivity contribution in [3.05, 3.63) is 68.6 Å². The quantitative estimate of drug-likeness (QED) is 0.623. The fraction of sp³-hybridized carbons (Fsp3) is 0.214. The summed E-state index contributed by atoms with van der Waals surface area (Å²) in [4.78, 5) is 22.9. The van der Waals surface area contributed by atoms with Gasteiger partial charge in [0.25, 0.3) is 11.2 Å². The van der Waals surface area contributed by atoms with Crippen molar-refractivity contribution in [3.8, 4) is 0 Å². The van der Waals surface area contributed by atoms with E-state index in [9.17, 15) is 19.1 Å². The molecule has 2 aromatic rings. The molecule has 0 aliphatic heterocycles. The zero-order chi connectivity index (χ0) is 15.4. The first-order valence-corrected chi connectivity index (χ1v) is 7.60. The molecule has 110 valence electrons. The highest BCUT2D eigenvalue weighted by Crippen LogP contribution is 2.10. The van der Waals surface area contributed by atoms with Gasteiger partial charge in [0, 0.05) is 28.8 Å². The second kappa shape index (κ2) is 6.45. The van der Waals surface area contributed by atoms with E-state index in [0.29, 0.717) is 10.5 Å². The largest absolute Gasteiger partial charge is 0.308 e.